The van der Waals surface area contributed by atoms with E-state index in [0.717, 1.165) is 0 Å². The predicted octanol–water partition coefficient (Wildman–Crippen LogP) is -0.158. The van der Waals surface area contributed by atoms with Gasteiger partial charge in [0, 0.05) is 0 Å². The quantitative estimate of drug-likeness (QED) is 0.406. The Hall–Kier alpha value is 0.191. The second-order valence-electron chi connectivity index (χ2n) is 3.78. The van der Waals surface area contributed by atoms with Gasteiger partial charge in [0.15, 0.2) is 11.6 Å². The van der Waals surface area contributed by atoms with Crippen molar-refractivity contribution in [1.82, 2.24) is 0 Å². The molecule has 114 valence electrons. The summed E-state index contributed by atoms with van der Waals surface area (Å²) in [6.07, 6.45) is -4.51. The first-order valence-corrected chi connectivity index (χ1v) is 5.36. The van der Waals surface area contributed by atoms with Crippen LogP contribution in [0.1, 0.15) is 0 Å². The molecule has 0 spiro atoms. The van der Waals surface area contributed by atoms with Crippen molar-refractivity contribution in [1.29, 1.82) is 0 Å². The minimum absolute atomic E-state index is 0. The van der Waals surface area contributed by atoms with E-state index in [4.69, 9.17) is 0 Å². The van der Waals surface area contributed by atoms with Crippen molar-refractivity contribution in [2.45, 2.75) is 6.18 Å². The second kappa shape index (κ2) is 8.73. The van der Waals surface area contributed by atoms with Gasteiger partial charge in [0.25, 0.3) is 0 Å². The van der Waals surface area contributed by atoms with Crippen molar-refractivity contribution in [3.05, 3.63) is 24.0 Å². The van der Waals surface area contributed by atoms with E-state index in [1.807, 2.05) is 0 Å². The molecule has 0 saturated heterocycles. The molecule has 0 aliphatic rings. The number of alkyl halides is 3. The van der Waals surface area contributed by atoms with Gasteiger partial charge in [0.05, 0.1) is 6.61 Å². The van der Waals surface area contributed by atoms with Gasteiger partial charge in [-0.15, -0.1) is 5.46 Å². The number of hydrogen-bond donors (Lipinski definition) is 0. The summed E-state index contributed by atoms with van der Waals surface area (Å²) >= 11 is 0. The second-order valence-corrected chi connectivity index (χ2v) is 3.78. The average molecular weight is 344 g/mol. The van der Waals surface area contributed by atoms with Gasteiger partial charge in [-0.1, -0.05) is 6.07 Å². The van der Waals surface area contributed by atoms with E-state index in [1.165, 1.54) is 0 Å². The van der Waals surface area contributed by atoms with Crippen molar-refractivity contribution < 1.29 is 91.4 Å². The molecule has 1 rings (SSSR count). The summed E-state index contributed by atoms with van der Waals surface area (Å²) in [7, 11) is 0. The van der Waals surface area contributed by atoms with E-state index >= 15 is 0 Å². The number of halogens is 7. The van der Waals surface area contributed by atoms with Crippen LogP contribution in [0.15, 0.2) is 18.2 Å². The fourth-order valence-corrected chi connectivity index (χ4v) is 1.23. The Labute approximate surface area is 158 Å². The van der Waals surface area contributed by atoms with Crippen LogP contribution in [0.25, 0.3) is 0 Å². The number of rotatable bonds is 6. The molecule has 1 aromatic rings. The molecule has 0 atom stereocenters. The zero-order chi connectivity index (χ0) is 15.4. The SMILES string of the molecule is Fc1ccc([B-](F)(F)F)cc1OCCOCC(F)(F)F.[K+]. The minimum Gasteiger partial charge on any atom is -0.488 e. The smallest absolute Gasteiger partial charge is 0.488 e. The monoisotopic (exact) mass is 344 g/mol. The van der Waals surface area contributed by atoms with Gasteiger partial charge < -0.3 is 22.4 Å². The third kappa shape index (κ3) is 8.41. The maximum atomic E-state index is 13.2. The summed E-state index contributed by atoms with van der Waals surface area (Å²) < 4.78 is 94.3. The third-order valence-electron chi connectivity index (χ3n) is 2.08. The number of ether oxygens (including phenoxy) is 2. The van der Waals surface area contributed by atoms with E-state index in [-0.39, 0.29) is 51.4 Å². The Morgan fingerprint density at radius 1 is 1.05 bits per heavy atom. The van der Waals surface area contributed by atoms with E-state index in [9.17, 15) is 30.5 Å². The van der Waals surface area contributed by atoms with E-state index < -0.39 is 50.0 Å². The molecule has 0 heterocycles. The summed E-state index contributed by atoms with van der Waals surface area (Å²) in [6, 6.07) is 1.60. The summed E-state index contributed by atoms with van der Waals surface area (Å²) in [5.41, 5.74) is -1.06. The normalized spacial score (nSPS) is 12.0. The van der Waals surface area contributed by atoms with Gasteiger partial charge in [0.1, 0.15) is 13.2 Å². The predicted molar refractivity (Wildman–Crippen MR) is 57.5 cm³/mol. The summed E-state index contributed by atoms with van der Waals surface area (Å²) in [4.78, 5) is 0. The van der Waals surface area contributed by atoms with Crippen LogP contribution in [0.2, 0.25) is 0 Å². The third-order valence-corrected chi connectivity index (χ3v) is 2.08. The Morgan fingerprint density at radius 3 is 2.19 bits per heavy atom. The molecule has 0 N–H and O–H groups in total. The van der Waals surface area contributed by atoms with Crippen molar-refractivity contribution >= 4 is 12.4 Å². The first-order chi connectivity index (χ1) is 9.09. The summed E-state index contributed by atoms with van der Waals surface area (Å²) in [6.45, 7) is -7.85. The molecular formula is C10H9BF7KO2. The zero-order valence-corrected chi connectivity index (χ0v) is 14.0. The van der Waals surface area contributed by atoms with Crippen LogP contribution in [0.5, 0.6) is 5.75 Å². The number of benzene rings is 1. The Bertz CT molecular complexity index is 450. The van der Waals surface area contributed by atoms with Gasteiger partial charge in [-0.25, -0.2) is 4.39 Å². The van der Waals surface area contributed by atoms with E-state index in [1.54, 1.807) is 0 Å². The van der Waals surface area contributed by atoms with Crippen LogP contribution in [-0.4, -0.2) is 33.0 Å². The molecule has 0 fully saturated rings. The Kier molecular flexibility index (Phi) is 8.81. The van der Waals surface area contributed by atoms with Gasteiger partial charge in [-0.2, -0.15) is 13.2 Å². The molecule has 0 radical (unpaired) electrons. The molecule has 0 unspecified atom stereocenters. The molecule has 2 nitrogen and oxygen atoms in total. The maximum absolute atomic E-state index is 13.2. The molecule has 21 heavy (non-hydrogen) atoms. The van der Waals surface area contributed by atoms with Gasteiger partial charge >= 0.3 is 64.5 Å². The standard InChI is InChI=1S/C10H9BF7O2.K/c12-8-2-1-7(11(16,17)18)5-9(8)20-4-3-19-6-10(13,14)15;/h1-2,5H,3-4,6H2;/q-1;+1. The molecule has 11 heteroatoms. The molecule has 0 aliphatic carbocycles. The molecule has 0 aromatic heterocycles. The van der Waals surface area contributed by atoms with E-state index in [2.05, 4.69) is 9.47 Å². The van der Waals surface area contributed by atoms with Gasteiger partial charge in [-0.05, 0) is 12.1 Å². The summed E-state index contributed by atoms with van der Waals surface area (Å²) in [5.74, 6) is -1.72. The van der Waals surface area contributed by atoms with Crippen molar-refractivity contribution in [3.63, 3.8) is 0 Å². The van der Waals surface area contributed by atoms with Crippen LogP contribution in [0, 0.1) is 5.82 Å². The molecule has 1 aromatic carbocycles. The molecule has 0 bridgehead atoms. The van der Waals surface area contributed by atoms with Crippen LogP contribution in [0.4, 0.5) is 30.5 Å². The number of hydrogen-bond acceptors (Lipinski definition) is 2. The first-order valence-electron chi connectivity index (χ1n) is 5.36. The first kappa shape index (κ1) is 21.2. The molecule has 0 aliphatic heterocycles. The van der Waals surface area contributed by atoms with Crippen LogP contribution in [-0.2, 0) is 4.74 Å². The average Bonchev–Trinajstić information content (AvgIpc) is 2.28. The zero-order valence-electron chi connectivity index (χ0n) is 10.9. The van der Waals surface area contributed by atoms with Crippen molar-refractivity contribution in [2.24, 2.45) is 0 Å². The molecule has 0 saturated carbocycles. The largest absolute Gasteiger partial charge is 1.00 e. The topological polar surface area (TPSA) is 18.5 Å². The fraction of sp³-hybridized carbons (Fsp3) is 0.400. The van der Waals surface area contributed by atoms with Crippen molar-refractivity contribution in [2.75, 3.05) is 19.8 Å². The maximum Gasteiger partial charge on any atom is 1.00 e. The Morgan fingerprint density at radius 2 is 1.67 bits per heavy atom. The van der Waals surface area contributed by atoms with Gasteiger partial charge in [0.2, 0.25) is 0 Å². The van der Waals surface area contributed by atoms with Gasteiger partial charge in [-0.3, -0.25) is 0 Å². The molecule has 0 amide bonds. The molecular weight excluding hydrogens is 335 g/mol. The Balaban J connectivity index is 0.00000400. The van der Waals surface area contributed by atoms with Crippen LogP contribution < -0.4 is 61.6 Å². The van der Waals surface area contributed by atoms with Crippen LogP contribution >= 0.6 is 0 Å². The van der Waals surface area contributed by atoms with Crippen LogP contribution in [0.3, 0.4) is 0 Å². The van der Waals surface area contributed by atoms with E-state index in [0.29, 0.717) is 18.2 Å². The minimum atomic E-state index is -5.31. The fourth-order valence-electron chi connectivity index (χ4n) is 1.23. The van der Waals surface area contributed by atoms with Crippen molar-refractivity contribution in [3.8, 4) is 5.75 Å². The summed E-state index contributed by atoms with van der Waals surface area (Å²) in [5, 5.41) is 0.